The summed E-state index contributed by atoms with van der Waals surface area (Å²) in [6.07, 6.45) is 1.72. The molecule has 1 heterocycles. The van der Waals surface area contributed by atoms with Crippen LogP contribution in [0.3, 0.4) is 0 Å². The second-order valence-corrected chi connectivity index (χ2v) is 7.04. The number of benzene rings is 1. The zero-order chi connectivity index (χ0) is 17.2. The first kappa shape index (κ1) is 17.4. The minimum Gasteiger partial charge on any atom is -0.480 e. The van der Waals surface area contributed by atoms with Crippen LogP contribution in [0.2, 0.25) is 0 Å². The van der Waals surface area contributed by atoms with E-state index in [0.717, 1.165) is 38.0 Å². The number of nitrogens with one attached hydrogen (secondary N) is 1. The van der Waals surface area contributed by atoms with Gasteiger partial charge in [-0.1, -0.05) is 0 Å². The van der Waals surface area contributed by atoms with Gasteiger partial charge in [-0.3, -0.25) is 9.59 Å². The van der Waals surface area contributed by atoms with E-state index in [4.69, 9.17) is 5.11 Å². The number of halogens is 1. The summed E-state index contributed by atoms with van der Waals surface area (Å²) < 4.78 is 40.0. The van der Waals surface area contributed by atoms with Gasteiger partial charge in [0.05, 0.1) is 10.5 Å². The number of carboxylic acids is 1. The second-order valence-electron chi connectivity index (χ2n) is 5.32. The summed E-state index contributed by atoms with van der Waals surface area (Å²) in [5.41, 5.74) is -0.197. The highest BCUT2D eigenvalue weighted by atomic mass is 32.2. The number of aliphatic carboxylic acids is 1. The zero-order valence-corrected chi connectivity index (χ0v) is 13.3. The second kappa shape index (κ2) is 6.63. The first-order valence-electron chi connectivity index (χ1n) is 7.06. The van der Waals surface area contributed by atoms with Gasteiger partial charge < -0.3 is 10.0 Å². The summed E-state index contributed by atoms with van der Waals surface area (Å²) in [5.74, 6) is -2.78. The molecule has 1 amide bonds. The Bertz CT molecular complexity index is 729. The van der Waals surface area contributed by atoms with E-state index in [1.165, 1.54) is 4.90 Å². The van der Waals surface area contributed by atoms with E-state index in [1.807, 2.05) is 4.72 Å². The van der Waals surface area contributed by atoms with Crippen LogP contribution in [0.1, 0.15) is 30.1 Å². The van der Waals surface area contributed by atoms with E-state index < -0.39 is 38.7 Å². The lowest BCUT2D eigenvalue weighted by Crippen LogP contribution is -2.38. The van der Waals surface area contributed by atoms with E-state index in [0.29, 0.717) is 13.1 Å². The first-order valence-corrected chi connectivity index (χ1v) is 8.54. The molecule has 7 nitrogen and oxygen atoms in total. The third kappa shape index (κ3) is 3.85. The van der Waals surface area contributed by atoms with Crippen LogP contribution in [-0.4, -0.2) is 49.4 Å². The van der Waals surface area contributed by atoms with E-state index in [-0.39, 0.29) is 5.56 Å². The van der Waals surface area contributed by atoms with Crippen molar-refractivity contribution in [1.29, 1.82) is 0 Å². The number of hydrogen-bond donors (Lipinski definition) is 2. The Kier molecular flexibility index (Phi) is 5.00. The van der Waals surface area contributed by atoms with Crippen LogP contribution in [0.5, 0.6) is 0 Å². The van der Waals surface area contributed by atoms with Gasteiger partial charge in [0, 0.05) is 13.1 Å². The predicted molar refractivity (Wildman–Crippen MR) is 79.0 cm³/mol. The number of hydrogen-bond acceptors (Lipinski definition) is 4. The number of likely N-dealkylation sites (tertiary alicyclic amines) is 1. The Morgan fingerprint density at radius 2 is 1.91 bits per heavy atom. The molecule has 2 rings (SSSR count). The molecule has 0 saturated carbocycles. The average molecular weight is 344 g/mol. The van der Waals surface area contributed by atoms with Gasteiger partial charge in [0.2, 0.25) is 10.0 Å². The normalized spacial score (nSPS) is 16.3. The van der Waals surface area contributed by atoms with Gasteiger partial charge in [-0.25, -0.2) is 12.8 Å². The van der Waals surface area contributed by atoms with Crippen LogP contribution in [0.4, 0.5) is 4.39 Å². The van der Waals surface area contributed by atoms with Crippen LogP contribution >= 0.6 is 0 Å². The van der Waals surface area contributed by atoms with Gasteiger partial charge in [0.15, 0.2) is 0 Å². The van der Waals surface area contributed by atoms with E-state index in [1.54, 1.807) is 0 Å². The Labute approximate surface area is 133 Å². The lowest BCUT2D eigenvalue weighted by atomic mass is 10.2. The maximum atomic E-state index is 14.1. The topological polar surface area (TPSA) is 104 Å². The van der Waals surface area contributed by atoms with E-state index in [2.05, 4.69) is 0 Å². The van der Waals surface area contributed by atoms with Gasteiger partial charge in [0.1, 0.15) is 11.9 Å². The number of amides is 1. The molecule has 0 spiro atoms. The number of carbonyl (C=O) groups is 2. The summed E-state index contributed by atoms with van der Waals surface area (Å²) in [4.78, 5) is 23.9. The fourth-order valence-electron chi connectivity index (χ4n) is 2.28. The molecule has 1 saturated heterocycles. The highest BCUT2D eigenvalue weighted by Gasteiger charge is 2.26. The Hall–Kier alpha value is -2.00. The molecule has 0 aromatic heterocycles. The maximum absolute atomic E-state index is 14.1. The molecule has 0 aliphatic carbocycles. The minimum atomic E-state index is -4.18. The Morgan fingerprint density at radius 1 is 1.30 bits per heavy atom. The summed E-state index contributed by atoms with van der Waals surface area (Å²) in [6, 6.07) is 1.56. The number of carbonyl (C=O) groups excluding carboxylic acids is 1. The summed E-state index contributed by atoms with van der Waals surface area (Å²) in [7, 11) is -4.18. The highest BCUT2D eigenvalue weighted by Crippen LogP contribution is 2.19. The standard InChI is InChI=1S/C14H17FN2O5S/c1-9(14(19)20)16-23(21,22)10-4-5-11(12(15)8-10)13(18)17-6-2-3-7-17/h4-5,8-9,16H,2-3,6-7H2,1H3,(H,19,20)/t9-/m0/s1. The maximum Gasteiger partial charge on any atom is 0.321 e. The lowest BCUT2D eigenvalue weighted by molar-refractivity contribution is -0.138. The highest BCUT2D eigenvalue weighted by molar-refractivity contribution is 7.89. The van der Waals surface area contributed by atoms with Crippen LogP contribution in [-0.2, 0) is 14.8 Å². The summed E-state index contributed by atoms with van der Waals surface area (Å²) in [6.45, 7) is 2.26. The van der Waals surface area contributed by atoms with Gasteiger partial charge >= 0.3 is 5.97 Å². The molecular formula is C14H17FN2O5S. The predicted octanol–water partition coefficient (Wildman–Crippen LogP) is 0.813. The quantitative estimate of drug-likeness (QED) is 0.823. The molecule has 1 aliphatic heterocycles. The molecule has 1 aromatic rings. The van der Waals surface area contributed by atoms with Gasteiger partial charge in [0.25, 0.3) is 5.91 Å². The molecule has 1 aliphatic rings. The fourth-order valence-corrected chi connectivity index (χ4v) is 3.49. The molecule has 1 atom stereocenters. The molecule has 2 N–H and O–H groups in total. The molecule has 0 bridgehead atoms. The fraction of sp³-hybridized carbons (Fsp3) is 0.429. The number of nitrogens with zero attached hydrogens (tertiary/aromatic N) is 1. The number of carboxylic acid groups (broad SMARTS) is 1. The van der Waals surface area contributed by atoms with E-state index >= 15 is 0 Å². The van der Waals surface area contributed by atoms with Gasteiger partial charge in [-0.05, 0) is 38.0 Å². The number of rotatable bonds is 5. The summed E-state index contributed by atoms with van der Waals surface area (Å²) >= 11 is 0. The Morgan fingerprint density at radius 3 is 2.43 bits per heavy atom. The third-order valence-corrected chi connectivity index (χ3v) is 5.12. The third-order valence-electron chi connectivity index (χ3n) is 3.58. The largest absolute Gasteiger partial charge is 0.480 e. The monoisotopic (exact) mass is 344 g/mol. The molecule has 9 heteroatoms. The molecule has 1 fully saturated rings. The van der Waals surface area contributed by atoms with Crippen LogP contribution in [0, 0.1) is 5.82 Å². The zero-order valence-electron chi connectivity index (χ0n) is 12.5. The van der Waals surface area contributed by atoms with Crippen molar-refractivity contribution < 1.29 is 27.5 Å². The molecule has 1 aromatic carbocycles. The SMILES string of the molecule is C[C@H](NS(=O)(=O)c1ccc(C(=O)N2CCCC2)c(F)c1)C(=O)O. The van der Waals surface area contributed by atoms with Crippen molar-refractivity contribution in [1.82, 2.24) is 9.62 Å². The lowest BCUT2D eigenvalue weighted by Gasteiger charge is -2.16. The van der Waals surface area contributed by atoms with Crippen molar-refractivity contribution in [2.75, 3.05) is 13.1 Å². The van der Waals surface area contributed by atoms with Crippen molar-refractivity contribution >= 4 is 21.9 Å². The minimum absolute atomic E-state index is 0.197. The van der Waals surface area contributed by atoms with Crippen molar-refractivity contribution in [3.05, 3.63) is 29.6 Å². The molecule has 0 radical (unpaired) electrons. The van der Waals surface area contributed by atoms with Crippen molar-refractivity contribution in [2.24, 2.45) is 0 Å². The first-order chi connectivity index (χ1) is 10.7. The smallest absolute Gasteiger partial charge is 0.321 e. The van der Waals surface area contributed by atoms with Gasteiger partial charge in [-0.15, -0.1) is 0 Å². The van der Waals surface area contributed by atoms with Gasteiger partial charge in [-0.2, -0.15) is 4.72 Å². The molecule has 23 heavy (non-hydrogen) atoms. The molecular weight excluding hydrogens is 327 g/mol. The number of sulfonamides is 1. The Balaban J connectivity index is 2.24. The van der Waals surface area contributed by atoms with E-state index in [9.17, 15) is 22.4 Å². The van der Waals surface area contributed by atoms with Crippen LogP contribution in [0.15, 0.2) is 23.1 Å². The molecule has 0 unspecified atom stereocenters. The summed E-state index contributed by atoms with van der Waals surface area (Å²) in [5, 5.41) is 8.73. The van der Waals surface area contributed by atoms with Crippen molar-refractivity contribution in [3.63, 3.8) is 0 Å². The van der Waals surface area contributed by atoms with Crippen LogP contribution in [0.25, 0.3) is 0 Å². The average Bonchev–Trinajstić information content (AvgIpc) is 3.00. The molecule has 126 valence electrons. The van der Waals surface area contributed by atoms with Crippen molar-refractivity contribution in [2.45, 2.75) is 30.7 Å². The van der Waals surface area contributed by atoms with Crippen molar-refractivity contribution in [3.8, 4) is 0 Å². The van der Waals surface area contributed by atoms with Crippen LogP contribution < -0.4 is 4.72 Å².